The van der Waals surface area contributed by atoms with Crippen molar-refractivity contribution in [2.45, 2.75) is 83.4 Å². The molecule has 0 bridgehead atoms. The Balaban J connectivity index is 1.61. The Kier molecular flexibility index (Phi) is 3.90. The number of rotatable bonds is 3. The van der Waals surface area contributed by atoms with Crippen LogP contribution >= 0.6 is 0 Å². The summed E-state index contributed by atoms with van der Waals surface area (Å²) in [6.45, 7) is 9.37. The maximum Gasteiger partial charge on any atom is 0.381 e. The number of fused-ring (bicyclic) bond motifs is 3. The first-order chi connectivity index (χ1) is 12.0. The molecule has 10 nitrogen and oxygen atoms in total. The number of nitro groups is 1. The molecule has 1 aromatic heterocycles. The standard InChI is InChI=1S/C16H23N3O7/c1-8-17-10(19(20)21)7-18(8)6-9-11-12(24-15(2,3)23-11)13-14(22-9)26-16(4,5)25-13/h7,9,11-14H,6H2,1-5H3/t9-,11+,12+,13-,14-/m1/s1. The van der Waals surface area contributed by atoms with Gasteiger partial charge in [-0.3, -0.25) is 0 Å². The van der Waals surface area contributed by atoms with E-state index in [4.69, 9.17) is 23.7 Å². The van der Waals surface area contributed by atoms with Crippen molar-refractivity contribution < 1.29 is 28.6 Å². The summed E-state index contributed by atoms with van der Waals surface area (Å²) >= 11 is 0. The maximum atomic E-state index is 11.0. The van der Waals surface area contributed by atoms with Crippen LogP contribution in [0, 0.1) is 17.0 Å². The van der Waals surface area contributed by atoms with Crippen LogP contribution in [0.2, 0.25) is 0 Å². The Labute approximate surface area is 150 Å². The molecule has 4 rings (SSSR count). The third-order valence-corrected chi connectivity index (χ3v) is 4.78. The highest BCUT2D eigenvalue weighted by Gasteiger charge is 2.60. The Bertz CT molecular complexity index is 731. The lowest BCUT2D eigenvalue weighted by Gasteiger charge is -2.37. The number of hydrogen-bond acceptors (Lipinski definition) is 8. The monoisotopic (exact) mass is 369 g/mol. The van der Waals surface area contributed by atoms with Crippen LogP contribution in [0.1, 0.15) is 33.5 Å². The summed E-state index contributed by atoms with van der Waals surface area (Å²) in [5.41, 5.74) is 0. The predicted molar refractivity (Wildman–Crippen MR) is 86.1 cm³/mol. The van der Waals surface area contributed by atoms with E-state index < -0.39 is 35.0 Å². The summed E-state index contributed by atoms with van der Waals surface area (Å²) in [6, 6.07) is 0. The first kappa shape index (κ1) is 17.8. The third kappa shape index (κ3) is 3.01. The van der Waals surface area contributed by atoms with Gasteiger partial charge in [0.1, 0.15) is 30.6 Å². The molecule has 0 aromatic carbocycles. The normalized spacial score (nSPS) is 37.3. The topological polar surface area (TPSA) is 107 Å². The molecule has 3 saturated heterocycles. The Morgan fingerprint density at radius 2 is 1.73 bits per heavy atom. The van der Waals surface area contributed by atoms with Gasteiger partial charge < -0.3 is 38.4 Å². The molecule has 3 aliphatic rings. The van der Waals surface area contributed by atoms with Gasteiger partial charge in [0.15, 0.2) is 17.9 Å². The van der Waals surface area contributed by atoms with E-state index in [9.17, 15) is 10.1 Å². The molecular weight excluding hydrogens is 346 g/mol. The van der Waals surface area contributed by atoms with Gasteiger partial charge in [-0.15, -0.1) is 0 Å². The SMILES string of the molecule is Cc1nc([N+](=O)[O-])cn1C[C@H]1O[C@@H]2OC(C)(C)O[C@@H]2[C@H]2OC(C)(C)O[C@H]21. The Hall–Kier alpha value is -1.59. The summed E-state index contributed by atoms with van der Waals surface area (Å²) in [7, 11) is 0. The molecule has 1 aromatic rings. The van der Waals surface area contributed by atoms with E-state index in [1.165, 1.54) is 6.20 Å². The quantitative estimate of drug-likeness (QED) is 0.583. The van der Waals surface area contributed by atoms with Gasteiger partial charge in [-0.25, -0.2) is 0 Å². The van der Waals surface area contributed by atoms with E-state index in [1.54, 1.807) is 11.5 Å². The second-order valence-electron chi connectivity index (χ2n) is 7.76. The summed E-state index contributed by atoms with van der Waals surface area (Å²) in [4.78, 5) is 14.4. The minimum atomic E-state index is -0.783. The van der Waals surface area contributed by atoms with Crippen LogP contribution in [0.5, 0.6) is 0 Å². The molecule has 4 heterocycles. The zero-order chi connectivity index (χ0) is 18.9. The highest BCUT2D eigenvalue weighted by atomic mass is 16.9. The van der Waals surface area contributed by atoms with Gasteiger partial charge in [0, 0.05) is 6.92 Å². The Morgan fingerprint density at radius 3 is 2.38 bits per heavy atom. The number of hydrogen-bond donors (Lipinski definition) is 0. The molecule has 0 unspecified atom stereocenters. The molecule has 0 amide bonds. The average molecular weight is 369 g/mol. The molecule has 0 saturated carbocycles. The molecule has 0 radical (unpaired) electrons. The van der Waals surface area contributed by atoms with Crippen LogP contribution in [-0.4, -0.2) is 56.8 Å². The third-order valence-electron chi connectivity index (χ3n) is 4.78. The highest BCUT2D eigenvalue weighted by Crippen LogP contribution is 2.44. The second-order valence-corrected chi connectivity index (χ2v) is 7.76. The summed E-state index contributed by atoms with van der Waals surface area (Å²) in [6.07, 6.45) is -0.748. The van der Waals surface area contributed by atoms with Crippen molar-refractivity contribution >= 4 is 5.82 Å². The fourth-order valence-electron chi connectivity index (χ4n) is 3.80. The van der Waals surface area contributed by atoms with Gasteiger partial charge in [-0.2, -0.15) is 0 Å². The minimum absolute atomic E-state index is 0.196. The summed E-state index contributed by atoms with van der Waals surface area (Å²) in [5.74, 6) is -1.23. The number of aromatic nitrogens is 2. The van der Waals surface area contributed by atoms with E-state index in [1.807, 2.05) is 27.7 Å². The van der Waals surface area contributed by atoms with Crippen molar-refractivity contribution in [2.24, 2.45) is 0 Å². The van der Waals surface area contributed by atoms with Gasteiger partial charge in [-0.05, 0) is 37.6 Å². The highest BCUT2D eigenvalue weighted by molar-refractivity contribution is 5.17. The van der Waals surface area contributed by atoms with Crippen molar-refractivity contribution in [3.8, 4) is 0 Å². The largest absolute Gasteiger partial charge is 0.381 e. The molecule has 3 fully saturated rings. The lowest BCUT2D eigenvalue weighted by atomic mass is 9.99. The fourth-order valence-corrected chi connectivity index (χ4v) is 3.80. The molecule has 3 aliphatic heterocycles. The molecule has 144 valence electrons. The Morgan fingerprint density at radius 1 is 1.12 bits per heavy atom. The minimum Gasteiger partial charge on any atom is -0.358 e. The van der Waals surface area contributed by atoms with E-state index in [0.717, 1.165) is 0 Å². The van der Waals surface area contributed by atoms with Crippen LogP contribution in [0.15, 0.2) is 6.20 Å². The van der Waals surface area contributed by atoms with Crippen LogP contribution in [0.25, 0.3) is 0 Å². The predicted octanol–water partition coefficient (Wildman–Crippen LogP) is 1.50. The first-order valence-corrected chi connectivity index (χ1v) is 8.59. The smallest absolute Gasteiger partial charge is 0.358 e. The molecular formula is C16H23N3O7. The molecule has 0 N–H and O–H groups in total. The molecule has 5 atom stereocenters. The van der Waals surface area contributed by atoms with Crippen molar-refractivity contribution in [3.05, 3.63) is 22.1 Å². The van der Waals surface area contributed by atoms with E-state index in [-0.39, 0.29) is 18.0 Å². The second kappa shape index (κ2) is 5.70. The lowest BCUT2D eigenvalue weighted by Crippen LogP contribution is -2.56. The zero-order valence-corrected chi connectivity index (χ0v) is 15.4. The van der Waals surface area contributed by atoms with Crippen molar-refractivity contribution in [1.29, 1.82) is 0 Å². The van der Waals surface area contributed by atoms with Crippen LogP contribution in [-0.2, 0) is 30.2 Å². The van der Waals surface area contributed by atoms with Crippen LogP contribution in [0.3, 0.4) is 0 Å². The maximum absolute atomic E-state index is 11.0. The van der Waals surface area contributed by atoms with Crippen molar-refractivity contribution in [1.82, 2.24) is 9.55 Å². The number of nitrogens with zero attached hydrogens (tertiary/aromatic N) is 3. The fraction of sp³-hybridized carbons (Fsp3) is 0.812. The van der Waals surface area contributed by atoms with Crippen LogP contribution < -0.4 is 0 Å². The van der Waals surface area contributed by atoms with Crippen molar-refractivity contribution in [2.75, 3.05) is 0 Å². The molecule has 0 aliphatic carbocycles. The molecule has 26 heavy (non-hydrogen) atoms. The number of aryl methyl sites for hydroxylation is 1. The zero-order valence-electron chi connectivity index (χ0n) is 15.4. The summed E-state index contributed by atoms with van der Waals surface area (Å²) in [5, 5.41) is 11.0. The van der Waals surface area contributed by atoms with Gasteiger partial charge in [0.05, 0.1) is 6.54 Å². The molecule has 0 spiro atoms. The first-order valence-electron chi connectivity index (χ1n) is 8.59. The van der Waals surface area contributed by atoms with Gasteiger partial charge in [0.25, 0.3) is 0 Å². The van der Waals surface area contributed by atoms with E-state index in [2.05, 4.69) is 4.98 Å². The average Bonchev–Trinajstić information content (AvgIpc) is 3.12. The van der Waals surface area contributed by atoms with Gasteiger partial charge in [0.2, 0.25) is 5.82 Å². The lowest BCUT2D eigenvalue weighted by molar-refractivity contribution is -0.389. The van der Waals surface area contributed by atoms with E-state index >= 15 is 0 Å². The van der Waals surface area contributed by atoms with Crippen LogP contribution in [0.4, 0.5) is 5.82 Å². The number of ether oxygens (including phenoxy) is 5. The number of imidazole rings is 1. The van der Waals surface area contributed by atoms with Crippen molar-refractivity contribution in [3.63, 3.8) is 0 Å². The molecule has 10 heteroatoms. The van der Waals surface area contributed by atoms with Gasteiger partial charge >= 0.3 is 5.82 Å². The van der Waals surface area contributed by atoms with E-state index in [0.29, 0.717) is 12.4 Å². The van der Waals surface area contributed by atoms with Gasteiger partial charge in [-0.1, -0.05) is 0 Å². The summed E-state index contributed by atoms with van der Waals surface area (Å²) < 4.78 is 31.7.